The van der Waals surface area contributed by atoms with E-state index in [0.717, 1.165) is 59.0 Å². The molecule has 0 aliphatic rings. The summed E-state index contributed by atoms with van der Waals surface area (Å²) in [5.41, 5.74) is 7.20. The molecule has 0 aliphatic carbocycles. The van der Waals surface area contributed by atoms with Gasteiger partial charge in [0.1, 0.15) is 16.7 Å². The largest absolute Gasteiger partial charge is 0.455 e. The SMILES string of the molecule is C=c1/c(=C(\C=C/C)c2cccc(-c3nc(Cl)nc4c3sc3ccc(-c5ccccn5)cc34)n2)oc2ccccc12.CC. The Hall–Kier alpha value is -4.65. The van der Waals surface area contributed by atoms with Crippen LogP contribution in [0.1, 0.15) is 26.5 Å². The second-order valence-electron chi connectivity index (χ2n) is 9.27. The molecule has 7 heteroatoms. The van der Waals surface area contributed by atoms with Gasteiger partial charge >= 0.3 is 0 Å². The molecule has 0 saturated carbocycles. The lowest BCUT2D eigenvalue weighted by atomic mass is 10.1. The predicted molar refractivity (Wildman–Crippen MR) is 176 cm³/mol. The molecule has 5 aromatic heterocycles. The average molecular weight is 587 g/mol. The lowest BCUT2D eigenvalue weighted by Gasteiger charge is -2.06. The maximum atomic E-state index is 6.50. The number of para-hydroxylation sites is 1. The lowest BCUT2D eigenvalue weighted by molar-refractivity contribution is 0.573. The molecule has 42 heavy (non-hydrogen) atoms. The summed E-state index contributed by atoms with van der Waals surface area (Å²) in [7, 11) is 0. The van der Waals surface area contributed by atoms with E-state index in [9.17, 15) is 0 Å². The number of furan rings is 1. The van der Waals surface area contributed by atoms with Gasteiger partial charge in [0.05, 0.1) is 27.3 Å². The number of halogens is 1. The Bertz CT molecular complexity index is 2220. The van der Waals surface area contributed by atoms with E-state index < -0.39 is 0 Å². The van der Waals surface area contributed by atoms with Gasteiger partial charge in [0.25, 0.3) is 0 Å². The molecular weight excluding hydrogens is 560 g/mol. The van der Waals surface area contributed by atoms with Gasteiger partial charge in [0.15, 0.2) is 0 Å². The van der Waals surface area contributed by atoms with E-state index in [2.05, 4.69) is 39.7 Å². The number of pyridine rings is 2. The summed E-state index contributed by atoms with van der Waals surface area (Å²) >= 11 is 8.13. The van der Waals surface area contributed by atoms with Gasteiger partial charge in [-0.05, 0) is 61.0 Å². The highest BCUT2D eigenvalue weighted by molar-refractivity contribution is 7.26. The first-order valence-corrected chi connectivity index (χ1v) is 14.9. The fraction of sp³-hybridized carbons (Fsp3) is 0.0857. The van der Waals surface area contributed by atoms with Crippen LogP contribution in [-0.4, -0.2) is 19.9 Å². The maximum absolute atomic E-state index is 6.50. The third-order valence-corrected chi connectivity index (χ3v) is 8.13. The van der Waals surface area contributed by atoms with Crippen LogP contribution >= 0.6 is 22.9 Å². The predicted octanol–water partition coefficient (Wildman–Crippen LogP) is 8.58. The number of aromatic nitrogens is 4. The third-order valence-electron chi connectivity index (χ3n) is 6.79. The van der Waals surface area contributed by atoms with Gasteiger partial charge in [0, 0.05) is 38.0 Å². The fourth-order valence-corrected chi connectivity index (χ4v) is 6.25. The van der Waals surface area contributed by atoms with Gasteiger partial charge in [0.2, 0.25) is 5.28 Å². The molecule has 0 amide bonds. The molecule has 7 aromatic rings. The first-order valence-electron chi connectivity index (χ1n) is 13.7. The van der Waals surface area contributed by atoms with E-state index in [-0.39, 0.29) is 5.28 Å². The highest BCUT2D eigenvalue weighted by atomic mass is 35.5. The highest BCUT2D eigenvalue weighted by Crippen LogP contribution is 2.39. The van der Waals surface area contributed by atoms with Crippen molar-refractivity contribution in [1.29, 1.82) is 0 Å². The van der Waals surface area contributed by atoms with Crippen LogP contribution in [0, 0.1) is 0 Å². The van der Waals surface area contributed by atoms with Crippen LogP contribution in [-0.2, 0) is 0 Å². The van der Waals surface area contributed by atoms with Crippen molar-refractivity contribution in [3.05, 3.63) is 119 Å². The monoisotopic (exact) mass is 586 g/mol. The minimum Gasteiger partial charge on any atom is -0.455 e. The van der Waals surface area contributed by atoms with Crippen molar-refractivity contribution in [2.75, 3.05) is 0 Å². The molecule has 206 valence electrons. The number of rotatable bonds is 4. The first kappa shape index (κ1) is 27.5. The molecule has 0 aliphatic heterocycles. The van der Waals surface area contributed by atoms with E-state index in [1.54, 1.807) is 17.5 Å². The molecule has 0 radical (unpaired) electrons. The summed E-state index contributed by atoms with van der Waals surface area (Å²) in [5.74, 6) is 0. The standard InChI is InChI=1S/C33H21ClN4OS.C2H6/c1-3-9-22(31-19(2)21-10-4-5-14-27(21)39-31)25-12-8-13-26(36-25)30-32-29(37-33(34)38-30)23-18-20(15-16-28(23)40-32)24-11-6-7-17-35-24;1-2/h3-18H,2H2,1H3;1-2H3/b9-3-,31-22-;. The summed E-state index contributed by atoms with van der Waals surface area (Å²) in [6, 6.07) is 26.0. The molecule has 5 heterocycles. The Kier molecular flexibility index (Phi) is 7.66. The van der Waals surface area contributed by atoms with Crippen molar-refractivity contribution in [2.45, 2.75) is 20.8 Å². The van der Waals surface area contributed by atoms with Crippen LogP contribution in [0.5, 0.6) is 0 Å². The molecule has 2 aromatic carbocycles. The smallest absolute Gasteiger partial charge is 0.223 e. The second-order valence-corrected chi connectivity index (χ2v) is 10.7. The highest BCUT2D eigenvalue weighted by Gasteiger charge is 2.18. The van der Waals surface area contributed by atoms with Crippen LogP contribution in [0.3, 0.4) is 0 Å². The molecule has 0 fully saturated rings. The Labute approximate surface area is 252 Å². The molecular formula is C35H27ClN4OS. The summed E-state index contributed by atoms with van der Waals surface area (Å²) in [5, 5.41) is 2.99. The Morgan fingerprint density at radius 2 is 1.69 bits per heavy atom. The quantitative estimate of drug-likeness (QED) is 0.193. The minimum atomic E-state index is 0.174. The summed E-state index contributed by atoms with van der Waals surface area (Å²) in [4.78, 5) is 18.8. The van der Waals surface area contributed by atoms with Crippen molar-refractivity contribution in [1.82, 2.24) is 19.9 Å². The lowest BCUT2D eigenvalue weighted by Crippen LogP contribution is -2.21. The molecule has 0 spiro atoms. The molecule has 7 rings (SSSR count). The zero-order chi connectivity index (χ0) is 29.2. The van der Waals surface area contributed by atoms with Gasteiger partial charge in [-0.25, -0.2) is 15.0 Å². The van der Waals surface area contributed by atoms with Crippen LogP contribution in [0.15, 0.2) is 102 Å². The molecule has 0 bridgehead atoms. The van der Waals surface area contributed by atoms with E-state index in [1.807, 2.05) is 93.6 Å². The van der Waals surface area contributed by atoms with Gasteiger partial charge in [-0.15, -0.1) is 11.3 Å². The topological polar surface area (TPSA) is 64.7 Å². The molecule has 0 saturated heterocycles. The molecule has 5 nitrogen and oxygen atoms in total. The van der Waals surface area contributed by atoms with Crippen LogP contribution < -0.4 is 10.6 Å². The number of fused-ring (bicyclic) bond motifs is 4. The van der Waals surface area contributed by atoms with Crippen molar-refractivity contribution in [3.8, 4) is 22.6 Å². The van der Waals surface area contributed by atoms with Crippen molar-refractivity contribution >= 4 is 66.4 Å². The third kappa shape index (κ3) is 4.89. The summed E-state index contributed by atoms with van der Waals surface area (Å²) in [6.45, 7) is 10.3. The van der Waals surface area contributed by atoms with Crippen LogP contribution in [0.2, 0.25) is 5.28 Å². The summed E-state index contributed by atoms with van der Waals surface area (Å²) in [6.07, 6.45) is 5.77. The summed E-state index contributed by atoms with van der Waals surface area (Å²) < 4.78 is 8.27. The van der Waals surface area contributed by atoms with Gasteiger partial charge in [-0.1, -0.05) is 69.0 Å². The van der Waals surface area contributed by atoms with Gasteiger partial charge in [-0.2, -0.15) is 0 Å². The van der Waals surface area contributed by atoms with Gasteiger partial charge < -0.3 is 4.42 Å². The zero-order valence-corrected chi connectivity index (χ0v) is 25.0. The normalized spacial score (nSPS) is 12.2. The number of hydrogen-bond donors (Lipinski definition) is 0. The maximum Gasteiger partial charge on any atom is 0.223 e. The minimum absolute atomic E-state index is 0.174. The number of hydrogen-bond acceptors (Lipinski definition) is 6. The average Bonchev–Trinajstić information content (AvgIpc) is 3.58. The number of benzene rings is 2. The first-order chi connectivity index (χ1) is 20.6. The van der Waals surface area contributed by atoms with Crippen LogP contribution in [0.4, 0.5) is 0 Å². The van der Waals surface area contributed by atoms with Crippen molar-refractivity contribution < 1.29 is 4.42 Å². The number of nitrogens with zero attached hydrogens (tertiary/aromatic N) is 4. The molecule has 0 unspecified atom stereocenters. The van der Waals surface area contributed by atoms with E-state index >= 15 is 0 Å². The number of allylic oxidation sites excluding steroid dienone is 2. The van der Waals surface area contributed by atoms with E-state index in [4.69, 9.17) is 21.0 Å². The fourth-order valence-electron chi connectivity index (χ4n) is 4.96. The number of thiophene rings is 1. The Morgan fingerprint density at radius 1 is 0.881 bits per heavy atom. The Morgan fingerprint density at radius 3 is 2.48 bits per heavy atom. The van der Waals surface area contributed by atoms with Crippen molar-refractivity contribution in [3.63, 3.8) is 0 Å². The Balaban J connectivity index is 0.00000155. The zero-order valence-electron chi connectivity index (χ0n) is 23.4. The van der Waals surface area contributed by atoms with Gasteiger partial charge in [-0.3, -0.25) is 4.98 Å². The second kappa shape index (κ2) is 11.7. The van der Waals surface area contributed by atoms with E-state index in [0.29, 0.717) is 16.8 Å². The molecule has 0 N–H and O–H groups in total. The van der Waals surface area contributed by atoms with Crippen molar-refractivity contribution in [2.24, 2.45) is 0 Å². The van der Waals surface area contributed by atoms with Crippen LogP contribution in [0.25, 0.3) is 66.1 Å². The van der Waals surface area contributed by atoms with E-state index in [1.165, 1.54) is 0 Å². The molecule has 0 atom stereocenters.